The molecule has 1 heterocycles. The second kappa shape index (κ2) is 5.07. The maximum atomic E-state index is 10.6. The molecule has 88 valence electrons. The van der Waals surface area contributed by atoms with Crippen LogP contribution in [0.2, 0.25) is 0 Å². The molecule has 0 saturated carbocycles. The van der Waals surface area contributed by atoms with E-state index in [9.17, 15) is 10.1 Å². The fourth-order valence-corrected chi connectivity index (χ4v) is 2.55. The maximum absolute atomic E-state index is 10.6. The second-order valence-electron chi connectivity index (χ2n) is 3.53. The van der Waals surface area contributed by atoms with Crippen LogP contribution in [-0.2, 0) is 6.42 Å². The molecule has 0 amide bonds. The van der Waals surface area contributed by atoms with E-state index >= 15 is 0 Å². The molecule has 17 heavy (non-hydrogen) atoms. The van der Waals surface area contributed by atoms with Crippen molar-refractivity contribution in [2.75, 3.05) is 6.61 Å². The zero-order valence-electron chi connectivity index (χ0n) is 9.00. The first-order valence-electron chi connectivity index (χ1n) is 5.15. The van der Waals surface area contributed by atoms with Gasteiger partial charge in [-0.3, -0.25) is 10.1 Å². The van der Waals surface area contributed by atoms with Crippen LogP contribution in [-0.4, -0.2) is 16.6 Å². The summed E-state index contributed by atoms with van der Waals surface area (Å²) in [5.74, 6) is 0. The van der Waals surface area contributed by atoms with E-state index in [0.29, 0.717) is 6.42 Å². The molecule has 1 aromatic heterocycles. The van der Waals surface area contributed by atoms with E-state index in [1.807, 2.05) is 24.3 Å². The Bertz CT molecular complexity index is 536. The summed E-state index contributed by atoms with van der Waals surface area (Å²) in [6, 6.07) is 10.9. The van der Waals surface area contributed by atoms with Crippen LogP contribution in [0.25, 0.3) is 10.4 Å². The van der Waals surface area contributed by atoms with E-state index in [0.717, 1.165) is 27.3 Å². The molecule has 1 N–H and O–H groups in total. The van der Waals surface area contributed by atoms with Gasteiger partial charge < -0.3 is 5.11 Å². The zero-order chi connectivity index (χ0) is 12.3. The van der Waals surface area contributed by atoms with E-state index in [1.54, 1.807) is 6.07 Å². The van der Waals surface area contributed by atoms with Crippen molar-refractivity contribution in [3.63, 3.8) is 0 Å². The van der Waals surface area contributed by atoms with E-state index in [-0.39, 0.29) is 16.5 Å². The summed E-state index contributed by atoms with van der Waals surface area (Å²) in [4.78, 5) is 11.1. The fourth-order valence-electron chi connectivity index (χ4n) is 1.67. The van der Waals surface area contributed by atoms with Gasteiger partial charge in [-0.25, -0.2) is 0 Å². The Morgan fingerprint density at radius 1 is 1.24 bits per heavy atom. The van der Waals surface area contributed by atoms with Crippen LogP contribution in [0, 0.1) is 10.1 Å². The van der Waals surface area contributed by atoms with E-state index < -0.39 is 0 Å². The summed E-state index contributed by atoms with van der Waals surface area (Å²) in [6.45, 7) is 0.0739. The van der Waals surface area contributed by atoms with Crippen molar-refractivity contribution in [2.45, 2.75) is 6.42 Å². The first kappa shape index (κ1) is 11.8. The predicted octanol–water partition coefficient (Wildman–Crippen LogP) is 2.86. The van der Waals surface area contributed by atoms with Crippen molar-refractivity contribution in [2.24, 2.45) is 0 Å². The highest BCUT2D eigenvalue weighted by molar-refractivity contribution is 7.18. The van der Waals surface area contributed by atoms with Crippen molar-refractivity contribution < 1.29 is 10.0 Å². The lowest BCUT2D eigenvalue weighted by Crippen LogP contribution is -1.92. The van der Waals surface area contributed by atoms with Crippen LogP contribution in [0.4, 0.5) is 5.00 Å². The van der Waals surface area contributed by atoms with Gasteiger partial charge >= 0.3 is 5.00 Å². The Kier molecular flexibility index (Phi) is 3.51. The maximum Gasteiger partial charge on any atom is 0.324 e. The SMILES string of the molecule is O=[N+]([O-])c1ccc(-c2ccccc2CCO)s1. The van der Waals surface area contributed by atoms with E-state index in [1.165, 1.54) is 6.07 Å². The lowest BCUT2D eigenvalue weighted by molar-refractivity contribution is -0.380. The van der Waals surface area contributed by atoms with Gasteiger partial charge in [0, 0.05) is 17.6 Å². The molecule has 0 aliphatic rings. The second-order valence-corrected chi connectivity index (χ2v) is 4.59. The largest absolute Gasteiger partial charge is 0.396 e. The summed E-state index contributed by atoms with van der Waals surface area (Å²) in [6.07, 6.45) is 0.557. The molecular weight excluding hydrogens is 238 g/mol. The molecule has 2 aromatic rings. The highest BCUT2D eigenvalue weighted by Gasteiger charge is 2.12. The Hall–Kier alpha value is -1.72. The number of aliphatic hydroxyl groups is 1. The third-order valence-electron chi connectivity index (χ3n) is 2.44. The molecule has 2 rings (SSSR count). The van der Waals surface area contributed by atoms with Crippen LogP contribution >= 0.6 is 11.3 Å². The summed E-state index contributed by atoms with van der Waals surface area (Å²) in [5, 5.41) is 19.7. The Balaban J connectivity index is 2.41. The van der Waals surface area contributed by atoms with Crippen LogP contribution in [0.5, 0.6) is 0 Å². The van der Waals surface area contributed by atoms with Crippen molar-refractivity contribution in [3.05, 3.63) is 52.1 Å². The number of nitro groups is 1. The number of nitrogens with zero attached hydrogens (tertiary/aromatic N) is 1. The molecule has 0 saturated heterocycles. The van der Waals surface area contributed by atoms with E-state index in [4.69, 9.17) is 5.11 Å². The van der Waals surface area contributed by atoms with Crippen molar-refractivity contribution in [3.8, 4) is 10.4 Å². The Labute approximate surface area is 102 Å². The minimum Gasteiger partial charge on any atom is -0.396 e. The monoisotopic (exact) mass is 249 g/mol. The fraction of sp³-hybridized carbons (Fsp3) is 0.167. The highest BCUT2D eigenvalue weighted by atomic mass is 32.1. The minimum atomic E-state index is -0.386. The first-order chi connectivity index (χ1) is 8.22. The highest BCUT2D eigenvalue weighted by Crippen LogP contribution is 2.34. The molecule has 0 spiro atoms. The van der Waals surface area contributed by atoms with Gasteiger partial charge in [0.25, 0.3) is 0 Å². The molecule has 0 radical (unpaired) electrons. The lowest BCUT2D eigenvalue weighted by Gasteiger charge is -2.05. The van der Waals surface area contributed by atoms with Gasteiger partial charge in [-0.15, -0.1) is 0 Å². The topological polar surface area (TPSA) is 63.4 Å². The van der Waals surface area contributed by atoms with Gasteiger partial charge in [-0.1, -0.05) is 35.6 Å². The third-order valence-corrected chi connectivity index (χ3v) is 3.51. The van der Waals surface area contributed by atoms with Gasteiger partial charge in [0.05, 0.1) is 4.92 Å². The standard InChI is InChI=1S/C12H11NO3S/c14-8-7-9-3-1-2-4-10(9)11-5-6-12(17-11)13(15)16/h1-6,14H,7-8H2. The van der Waals surface area contributed by atoms with E-state index in [2.05, 4.69) is 0 Å². The number of benzene rings is 1. The minimum absolute atomic E-state index is 0.0739. The average molecular weight is 249 g/mol. The smallest absolute Gasteiger partial charge is 0.324 e. The molecular formula is C12H11NO3S. The van der Waals surface area contributed by atoms with Crippen LogP contribution in [0.1, 0.15) is 5.56 Å². The number of rotatable bonds is 4. The summed E-state index contributed by atoms with van der Waals surface area (Å²) >= 11 is 1.15. The normalized spacial score (nSPS) is 10.4. The first-order valence-corrected chi connectivity index (χ1v) is 5.97. The summed E-state index contributed by atoms with van der Waals surface area (Å²) < 4.78 is 0. The molecule has 1 aromatic carbocycles. The lowest BCUT2D eigenvalue weighted by atomic mass is 10.0. The van der Waals surface area contributed by atoms with Crippen molar-refractivity contribution in [1.29, 1.82) is 0 Å². The van der Waals surface area contributed by atoms with Gasteiger partial charge in [0.2, 0.25) is 0 Å². The van der Waals surface area contributed by atoms with Gasteiger partial charge in [0.15, 0.2) is 0 Å². The summed E-state index contributed by atoms with van der Waals surface area (Å²) in [5.41, 5.74) is 1.96. The van der Waals surface area contributed by atoms with Crippen molar-refractivity contribution >= 4 is 16.3 Å². The van der Waals surface area contributed by atoms with Crippen LogP contribution in [0.15, 0.2) is 36.4 Å². The zero-order valence-corrected chi connectivity index (χ0v) is 9.81. The number of thiophene rings is 1. The van der Waals surface area contributed by atoms with Crippen molar-refractivity contribution in [1.82, 2.24) is 0 Å². The Morgan fingerprint density at radius 3 is 2.65 bits per heavy atom. The number of aliphatic hydroxyl groups excluding tert-OH is 1. The molecule has 0 aliphatic heterocycles. The Morgan fingerprint density at radius 2 is 2.00 bits per heavy atom. The average Bonchev–Trinajstić information content (AvgIpc) is 2.79. The predicted molar refractivity (Wildman–Crippen MR) is 67.2 cm³/mol. The van der Waals surface area contributed by atoms with Gasteiger partial charge in [-0.2, -0.15) is 0 Å². The van der Waals surface area contributed by atoms with Gasteiger partial charge in [0.1, 0.15) is 0 Å². The third kappa shape index (κ3) is 2.51. The molecule has 4 nitrogen and oxygen atoms in total. The summed E-state index contributed by atoms with van der Waals surface area (Å²) in [7, 11) is 0. The molecule has 0 bridgehead atoms. The molecule has 0 atom stereocenters. The van der Waals surface area contributed by atoms with Gasteiger partial charge in [-0.05, 0) is 23.6 Å². The quantitative estimate of drug-likeness (QED) is 0.669. The van der Waals surface area contributed by atoms with Crippen LogP contribution < -0.4 is 0 Å². The number of hydrogen-bond acceptors (Lipinski definition) is 4. The molecule has 0 unspecified atom stereocenters. The number of hydrogen-bond donors (Lipinski definition) is 1. The molecule has 0 fully saturated rings. The molecule has 0 aliphatic carbocycles. The molecule has 5 heteroatoms. The van der Waals surface area contributed by atoms with Crippen LogP contribution in [0.3, 0.4) is 0 Å².